The van der Waals surface area contributed by atoms with E-state index in [2.05, 4.69) is 10.2 Å². The maximum Gasteiger partial charge on any atom is 0.251 e. The first-order valence-corrected chi connectivity index (χ1v) is 13.2. The van der Waals surface area contributed by atoms with Crippen LogP contribution in [0.5, 0.6) is 0 Å². The monoisotopic (exact) mass is 471 g/mol. The van der Waals surface area contributed by atoms with Gasteiger partial charge in [0.15, 0.2) is 0 Å². The van der Waals surface area contributed by atoms with Crippen LogP contribution in [0.25, 0.3) is 0 Å². The number of nitrogens with one attached hydrogen (secondary N) is 1. The molecule has 1 aromatic carbocycles. The van der Waals surface area contributed by atoms with Crippen LogP contribution in [0.1, 0.15) is 80.6 Å². The van der Waals surface area contributed by atoms with Gasteiger partial charge in [-0.3, -0.25) is 14.5 Å². The van der Waals surface area contributed by atoms with E-state index in [0.29, 0.717) is 24.8 Å². The van der Waals surface area contributed by atoms with Crippen molar-refractivity contribution in [1.29, 1.82) is 0 Å². The Kier molecular flexibility index (Phi) is 9.36. The summed E-state index contributed by atoms with van der Waals surface area (Å²) in [7, 11) is 0. The number of fused-ring (bicyclic) bond motifs is 1. The zero-order valence-electron chi connectivity index (χ0n) is 20.7. The van der Waals surface area contributed by atoms with E-state index >= 15 is 0 Å². The molecule has 0 aromatic heterocycles. The van der Waals surface area contributed by atoms with Crippen LogP contribution in [0.4, 0.5) is 5.69 Å². The SMILES string of the molecule is CC(=O)N1CCCCCCCN(C2CCOCC2)Cc2cc(C(=O)NC3CCOCC3)ccc21. The normalized spacial score (nSPS) is 22.3. The molecule has 2 amide bonds. The lowest BCUT2D eigenvalue weighted by Gasteiger charge is -2.36. The van der Waals surface area contributed by atoms with Gasteiger partial charge in [-0.25, -0.2) is 0 Å². The molecule has 188 valence electrons. The first-order chi connectivity index (χ1) is 16.6. The van der Waals surface area contributed by atoms with E-state index in [9.17, 15) is 9.59 Å². The van der Waals surface area contributed by atoms with E-state index in [1.54, 1.807) is 6.92 Å². The van der Waals surface area contributed by atoms with Crippen molar-refractivity contribution in [1.82, 2.24) is 10.2 Å². The fourth-order valence-electron chi connectivity index (χ4n) is 5.45. The molecule has 0 saturated carbocycles. The number of hydrogen-bond acceptors (Lipinski definition) is 5. The van der Waals surface area contributed by atoms with Crippen LogP contribution in [0.15, 0.2) is 18.2 Å². The summed E-state index contributed by atoms with van der Waals surface area (Å²) >= 11 is 0. The maximum absolute atomic E-state index is 13.1. The van der Waals surface area contributed by atoms with Crippen molar-refractivity contribution in [3.05, 3.63) is 29.3 Å². The molecule has 4 rings (SSSR count). The third-order valence-corrected chi connectivity index (χ3v) is 7.48. The van der Waals surface area contributed by atoms with Gasteiger partial charge in [0.2, 0.25) is 5.91 Å². The number of rotatable bonds is 3. The highest BCUT2D eigenvalue weighted by molar-refractivity contribution is 5.97. The van der Waals surface area contributed by atoms with E-state index in [4.69, 9.17) is 9.47 Å². The van der Waals surface area contributed by atoms with Crippen molar-refractivity contribution in [2.24, 2.45) is 0 Å². The second kappa shape index (κ2) is 12.7. The number of amides is 2. The maximum atomic E-state index is 13.1. The second-order valence-corrected chi connectivity index (χ2v) is 9.96. The summed E-state index contributed by atoms with van der Waals surface area (Å²) in [4.78, 5) is 30.2. The molecule has 7 heteroatoms. The molecule has 3 heterocycles. The van der Waals surface area contributed by atoms with Crippen LogP contribution in [0.3, 0.4) is 0 Å². The van der Waals surface area contributed by atoms with E-state index < -0.39 is 0 Å². The molecule has 3 aliphatic heterocycles. The van der Waals surface area contributed by atoms with Crippen LogP contribution in [-0.2, 0) is 20.8 Å². The van der Waals surface area contributed by atoms with Gasteiger partial charge in [0.25, 0.3) is 5.91 Å². The number of carbonyl (C=O) groups is 2. The highest BCUT2D eigenvalue weighted by Crippen LogP contribution is 2.28. The fourth-order valence-corrected chi connectivity index (χ4v) is 5.45. The number of nitrogens with zero attached hydrogens (tertiary/aromatic N) is 2. The van der Waals surface area contributed by atoms with Gasteiger partial charge in [-0.1, -0.05) is 19.3 Å². The van der Waals surface area contributed by atoms with Gasteiger partial charge < -0.3 is 19.7 Å². The standard InChI is InChI=1S/C27H41N3O4/c1-21(31)30-14-6-4-2-3-5-13-29(25-11-17-34-18-12-25)20-23-19-22(7-8-26(23)30)27(32)28-24-9-15-33-16-10-24/h7-8,19,24-25H,2-6,9-18,20H2,1H3,(H,28,32). The molecule has 3 aliphatic rings. The molecule has 1 N–H and O–H groups in total. The topological polar surface area (TPSA) is 71.1 Å². The van der Waals surface area contributed by atoms with Gasteiger partial charge in [-0.15, -0.1) is 0 Å². The lowest BCUT2D eigenvalue weighted by atomic mass is 10.0. The molecule has 7 nitrogen and oxygen atoms in total. The lowest BCUT2D eigenvalue weighted by Crippen LogP contribution is -2.41. The van der Waals surface area contributed by atoms with Gasteiger partial charge in [-0.2, -0.15) is 0 Å². The van der Waals surface area contributed by atoms with Crippen molar-refractivity contribution in [2.45, 2.75) is 83.3 Å². The van der Waals surface area contributed by atoms with Crippen molar-refractivity contribution in [3.63, 3.8) is 0 Å². The highest BCUT2D eigenvalue weighted by Gasteiger charge is 2.25. The molecular weight excluding hydrogens is 430 g/mol. The molecule has 0 radical (unpaired) electrons. The molecular formula is C27H41N3O4. The minimum atomic E-state index is -0.0344. The predicted octanol–water partition coefficient (Wildman–Crippen LogP) is 3.89. The highest BCUT2D eigenvalue weighted by atomic mass is 16.5. The quantitative estimate of drug-likeness (QED) is 0.724. The first-order valence-electron chi connectivity index (χ1n) is 13.2. The van der Waals surface area contributed by atoms with Gasteiger partial charge in [0, 0.05) is 69.8 Å². The van der Waals surface area contributed by atoms with Crippen molar-refractivity contribution in [3.8, 4) is 0 Å². The van der Waals surface area contributed by atoms with Crippen LogP contribution >= 0.6 is 0 Å². The third-order valence-electron chi connectivity index (χ3n) is 7.48. The lowest BCUT2D eigenvalue weighted by molar-refractivity contribution is -0.116. The Balaban J connectivity index is 1.62. The van der Waals surface area contributed by atoms with Gasteiger partial charge in [-0.05, 0) is 68.8 Å². The van der Waals surface area contributed by atoms with Gasteiger partial charge in [0.1, 0.15) is 0 Å². The minimum Gasteiger partial charge on any atom is -0.381 e. The molecule has 34 heavy (non-hydrogen) atoms. The van der Waals surface area contributed by atoms with Crippen molar-refractivity contribution in [2.75, 3.05) is 44.4 Å². The molecule has 2 saturated heterocycles. The van der Waals surface area contributed by atoms with Crippen LogP contribution in [0.2, 0.25) is 0 Å². The van der Waals surface area contributed by atoms with Gasteiger partial charge >= 0.3 is 0 Å². The Morgan fingerprint density at radius 1 is 0.882 bits per heavy atom. The van der Waals surface area contributed by atoms with E-state index in [0.717, 1.165) is 82.6 Å². The summed E-state index contributed by atoms with van der Waals surface area (Å²) in [6.07, 6.45) is 9.56. The summed E-state index contributed by atoms with van der Waals surface area (Å²) in [6, 6.07) is 6.54. The Morgan fingerprint density at radius 2 is 1.53 bits per heavy atom. The summed E-state index contributed by atoms with van der Waals surface area (Å²) in [5.74, 6) is 0.0307. The smallest absolute Gasteiger partial charge is 0.251 e. The summed E-state index contributed by atoms with van der Waals surface area (Å²) in [6.45, 7) is 7.18. The van der Waals surface area contributed by atoms with Crippen molar-refractivity contribution < 1.29 is 19.1 Å². The number of carbonyl (C=O) groups excluding carboxylic acids is 2. The first kappa shape index (κ1) is 25.1. The summed E-state index contributed by atoms with van der Waals surface area (Å²) in [5, 5.41) is 3.19. The molecule has 0 unspecified atom stereocenters. The Bertz CT molecular complexity index is 818. The average Bonchev–Trinajstić information content (AvgIpc) is 2.85. The Hall–Kier alpha value is -1.96. The summed E-state index contributed by atoms with van der Waals surface area (Å²) in [5.41, 5.74) is 2.70. The fraction of sp³-hybridized carbons (Fsp3) is 0.704. The van der Waals surface area contributed by atoms with E-state index in [1.807, 2.05) is 23.1 Å². The molecule has 2 fully saturated rings. The predicted molar refractivity (Wildman–Crippen MR) is 133 cm³/mol. The van der Waals surface area contributed by atoms with E-state index in [1.165, 1.54) is 19.3 Å². The number of hydrogen-bond donors (Lipinski definition) is 1. The molecule has 0 spiro atoms. The van der Waals surface area contributed by atoms with Crippen LogP contribution in [-0.4, -0.2) is 68.3 Å². The second-order valence-electron chi connectivity index (χ2n) is 9.96. The molecule has 0 atom stereocenters. The summed E-state index contributed by atoms with van der Waals surface area (Å²) < 4.78 is 11.1. The Morgan fingerprint density at radius 3 is 2.24 bits per heavy atom. The van der Waals surface area contributed by atoms with Gasteiger partial charge in [0.05, 0.1) is 0 Å². The zero-order chi connectivity index (χ0) is 23.8. The van der Waals surface area contributed by atoms with Crippen LogP contribution in [0, 0.1) is 0 Å². The van der Waals surface area contributed by atoms with E-state index in [-0.39, 0.29) is 17.9 Å². The number of ether oxygens (including phenoxy) is 2. The largest absolute Gasteiger partial charge is 0.381 e. The number of anilines is 1. The third kappa shape index (κ3) is 6.80. The minimum absolute atomic E-state index is 0.0344. The molecule has 0 bridgehead atoms. The molecule has 1 aromatic rings. The number of benzene rings is 1. The van der Waals surface area contributed by atoms with Crippen molar-refractivity contribution >= 4 is 17.5 Å². The zero-order valence-corrected chi connectivity index (χ0v) is 20.7. The molecule has 0 aliphatic carbocycles. The average molecular weight is 472 g/mol. The van der Waals surface area contributed by atoms with Crippen LogP contribution < -0.4 is 10.2 Å². The Labute approximate surface area is 204 Å².